The summed E-state index contributed by atoms with van der Waals surface area (Å²) in [6.07, 6.45) is 0.0200. The third-order valence-corrected chi connectivity index (χ3v) is 5.34. The van der Waals surface area contributed by atoms with Gasteiger partial charge in [0.1, 0.15) is 5.75 Å². The van der Waals surface area contributed by atoms with Gasteiger partial charge in [-0.2, -0.15) is 0 Å². The normalized spacial score (nSPS) is 12.6. The fraction of sp³-hybridized carbons (Fsp3) is 0.231. The second-order valence-corrected chi connectivity index (χ2v) is 7.56. The number of hydrogen-bond acceptors (Lipinski definition) is 4. The number of hydrogen-bond donors (Lipinski definition) is 2. The summed E-state index contributed by atoms with van der Waals surface area (Å²) in [5.74, 6) is -0.427. The summed E-state index contributed by atoms with van der Waals surface area (Å²) >= 11 is 0. The SMILES string of the molecule is CC[C@@H](C)c1ccccc1NC(=O)[C@H](C)OC(=O)c1ccc(-c2ccc(O)cc2)cc1. The smallest absolute Gasteiger partial charge is 0.338 e. The minimum atomic E-state index is -0.936. The number of carbonyl (C=O) groups is 2. The van der Waals surface area contributed by atoms with E-state index >= 15 is 0 Å². The van der Waals surface area contributed by atoms with Crippen LogP contribution in [0.25, 0.3) is 11.1 Å². The van der Waals surface area contributed by atoms with Crippen molar-refractivity contribution in [2.24, 2.45) is 0 Å². The van der Waals surface area contributed by atoms with Crippen LogP contribution in [0.2, 0.25) is 0 Å². The molecule has 0 heterocycles. The van der Waals surface area contributed by atoms with Crippen LogP contribution < -0.4 is 5.32 Å². The lowest BCUT2D eigenvalue weighted by Gasteiger charge is -2.18. The molecule has 3 aromatic rings. The van der Waals surface area contributed by atoms with Crippen LogP contribution >= 0.6 is 0 Å². The Hall–Kier alpha value is -3.60. The van der Waals surface area contributed by atoms with Crippen molar-refractivity contribution in [2.75, 3.05) is 5.32 Å². The van der Waals surface area contributed by atoms with Crippen molar-refractivity contribution in [1.82, 2.24) is 0 Å². The zero-order chi connectivity index (χ0) is 22.4. The Balaban J connectivity index is 1.64. The van der Waals surface area contributed by atoms with Gasteiger partial charge in [-0.3, -0.25) is 4.79 Å². The van der Waals surface area contributed by atoms with Crippen LogP contribution in [0.15, 0.2) is 72.8 Å². The quantitative estimate of drug-likeness (QED) is 0.480. The average Bonchev–Trinajstić information content (AvgIpc) is 2.79. The van der Waals surface area contributed by atoms with Crippen molar-refractivity contribution in [3.8, 4) is 16.9 Å². The minimum Gasteiger partial charge on any atom is -0.508 e. The molecule has 0 aliphatic carbocycles. The fourth-order valence-corrected chi connectivity index (χ4v) is 3.23. The maximum absolute atomic E-state index is 12.6. The number of nitrogens with one attached hydrogen (secondary N) is 1. The molecule has 0 unspecified atom stereocenters. The number of benzene rings is 3. The molecule has 31 heavy (non-hydrogen) atoms. The molecule has 160 valence electrons. The lowest BCUT2D eigenvalue weighted by atomic mass is 9.97. The van der Waals surface area contributed by atoms with E-state index in [1.165, 1.54) is 0 Å². The van der Waals surface area contributed by atoms with Gasteiger partial charge in [0.15, 0.2) is 6.10 Å². The highest BCUT2D eigenvalue weighted by Crippen LogP contribution is 2.27. The number of aromatic hydroxyl groups is 1. The predicted molar refractivity (Wildman–Crippen MR) is 122 cm³/mol. The van der Waals surface area contributed by atoms with Crippen LogP contribution in [0.3, 0.4) is 0 Å². The monoisotopic (exact) mass is 417 g/mol. The first-order chi connectivity index (χ1) is 14.9. The first-order valence-corrected chi connectivity index (χ1v) is 10.4. The average molecular weight is 418 g/mol. The standard InChI is InChI=1S/C26H27NO4/c1-4-17(2)23-7-5-6-8-24(23)27-25(29)18(3)31-26(30)21-11-9-19(10-12-21)20-13-15-22(28)16-14-20/h5-18,28H,4H2,1-3H3,(H,27,29)/t17-,18+/m1/s1. The molecular weight excluding hydrogens is 390 g/mol. The molecule has 5 heteroatoms. The van der Waals surface area contributed by atoms with E-state index < -0.39 is 12.1 Å². The molecule has 0 bridgehead atoms. The van der Waals surface area contributed by atoms with Gasteiger partial charge in [0.05, 0.1) is 5.56 Å². The molecule has 3 aromatic carbocycles. The lowest BCUT2D eigenvalue weighted by molar-refractivity contribution is -0.123. The molecule has 3 rings (SSSR count). The van der Waals surface area contributed by atoms with Crippen molar-refractivity contribution < 1.29 is 19.4 Å². The number of anilines is 1. The first kappa shape index (κ1) is 22.1. The Kier molecular flexibility index (Phi) is 7.08. The van der Waals surface area contributed by atoms with E-state index in [1.54, 1.807) is 55.5 Å². The second kappa shape index (κ2) is 9.94. The number of ether oxygens (including phenoxy) is 1. The third kappa shape index (κ3) is 5.51. The van der Waals surface area contributed by atoms with Crippen molar-refractivity contribution in [2.45, 2.75) is 39.2 Å². The van der Waals surface area contributed by atoms with Gasteiger partial charge in [-0.1, -0.05) is 56.3 Å². The van der Waals surface area contributed by atoms with Crippen LogP contribution in [0.4, 0.5) is 5.69 Å². The molecule has 0 radical (unpaired) electrons. The zero-order valence-electron chi connectivity index (χ0n) is 18.0. The van der Waals surface area contributed by atoms with Crippen molar-refractivity contribution in [3.05, 3.63) is 83.9 Å². The van der Waals surface area contributed by atoms with E-state index in [4.69, 9.17) is 4.74 Å². The Morgan fingerprint density at radius 2 is 1.48 bits per heavy atom. The molecule has 0 aromatic heterocycles. The third-order valence-electron chi connectivity index (χ3n) is 5.34. The Bertz CT molecular complexity index is 1040. The van der Waals surface area contributed by atoms with E-state index in [-0.39, 0.29) is 11.7 Å². The van der Waals surface area contributed by atoms with Crippen molar-refractivity contribution >= 4 is 17.6 Å². The van der Waals surface area contributed by atoms with Crippen LogP contribution in [-0.2, 0) is 9.53 Å². The molecule has 5 nitrogen and oxygen atoms in total. The zero-order valence-corrected chi connectivity index (χ0v) is 18.0. The van der Waals surface area contributed by atoms with Crippen molar-refractivity contribution in [3.63, 3.8) is 0 Å². The van der Waals surface area contributed by atoms with Gasteiger partial charge in [-0.25, -0.2) is 4.79 Å². The van der Waals surface area contributed by atoms with E-state index in [0.29, 0.717) is 11.5 Å². The molecule has 0 fully saturated rings. The van der Waals surface area contributed by atoms with Crippen LogP contribution in [-0.4, -0.2) is 23.1 Å². The highest BCUT2D eigenvalue weighted by molar-refractivity contribution is 5.98. The summed E-state index contributed by atoms with van der Waals surface area (Å²) in [4.78, 5) is 25.1. The van der Waals surface area contributed by atoms with Gasteiger partial charge in [0, 0.05) is 5.69 Å². The number of esters is 1. The van der Waals surface area contributed by atoms with Crippen molar-refractivity contribution in [1.29, 1.82) is 0 Å². The first-order valence-electron chi connectivity index (χ1n) is 10.4. The van der Waals surface area contributed by atoms with Gasteiger partial charge < -0.3 is 15.2 Å². The van der Waals surface area contributed by atoms with Gasteiger partial charge >= 0.3 is 5.97 Å². The maximum Gasteiger partial charge on any atom is 0.338 e. The van der Waals surface area contributed by atoms with Crippen LogP contribution in [0, 0.1) is 0 Å². The highest BCUT2D eigenvalue weighted by atomic mass is 16.5. The summed E-state index contributed by atoms with van der Waals surface area (Å²) in [6, 6.07) is 21.4. The number of rotatable bonds is 7. The minimum absolute atomic E-state index is 0.197. The van der Waals surface area contributed by atoms with E-state index in [9.17, 15) is 14.7 Å². The molecule has 0 aliphatic heterocycles. The van der Waals surface area contributed by atoms with Gasteiger partial charge in [0.2, 0.25) is 0 Å². The molecule has 2 atom stereocenters. The molecule has 1 amide bonds. The Morgan fingerprint density at radius 1 is 0.903 bits per heavy atom. The molecule has 2 N–H and O–H groups in total. The number of phenolic OH excluding ortho intramolecular Hbond substituents is 1. The van der Waals surface area contributed by atoms with Gasteiger partial charge in [-0.15, -0.1) is 0 Å². The summed E-state index contributed by atoms with van der Waals surface area (Å²) in [6.45, 7) is 5.76. The summed E-state index contributed by atoms with van der Waals surface area (Å²) in [5.41, 5.74) is 3.99. The van der Waals surface area contributed by atoms with Gasteiger partial charge in [0.25, 0.3) is 5.91 Å². The highest BCUT2D eigenvalue weighted by Gasteiger charge is 2.20. The number of carbonyl (C=O) groups excluding carboxylic acids is 2. The topological polar surface area (TPSA) is 75.6 Å². The number of para-hydroxylation sites is 1. The number of amides is 1. The maximum atomic E-state index is 12.6. The summed E-state index contributed by atoms with van der Waals surface area (Å²) in [5, 5.41) is 12.3. The second-order valence-electron chi connectivity index (χ2n) is 7.56. The van der Waals surface area contributed by atoms with E-state index in [2.05, 4.69) is 19.2 Å². The molecule has 0 saturated carbocycles. The summed E-state index contributed by atoms with van der Waals surface area (Å²) in [7, 11) is 0. The van der Waals surface area contributed by atoms with E-state index in [0.717, 1.165) is 28.8 Å². The van der Waals surface area contributed by atoms with Gasteiger partial charge in [-0.05, 0) is 66.3 Å². The summed E-state index contributed by atoms with van der Waals surface area (Å²) < 4.78 is 5.37. The molecule has 0 saturated heterocycles. The Morgan fingerprint density at radius 3 is 2.10 bits per heavy atom. The largest absolute Gasteiger partial charge is 0.508 e. The molecule has 0 spiro atoms. The molecular formula is C26H27NO4. The lowest BCUT2D eigenvalue weighted by Crippen LogP contribution is -2.30. The predicted octanol–water partition coefficient (Wildman–Crippen LogP) is 5.76. The van der Waals surface area contributed by atoms with Crippen LogP contribution in [0.5, 0.6) is 5.75 Å². The Labute approximate surface area is 182 Å². The van der Waals surface area contributed by atoms with E-state index in [1.807, 2.05) is 24.3 Å². The number of phenols is 1. The molecule has 0 aliphatic rings. The fourth-order valence-electron chi connectivity index (χ4n) is 3.23. The van der Waals surface area contributed by atoms with Crippen LogP contribution in [0.1, 0.15) is 49.0 Å².